The van der Waals surface area contributed by atoms with Gasteiger partial charge in [-0.3, -0.25) is 9.59 Å². The smallest absolute Gasteiger partial charge is 0.222 e. The highest BCUT2D eigenvalue weighted by atomic mass is 16.2. The van der Waals surface area contributed by atoms with Crippen molar-refractivity contribution in [2.24, 2.45) is 0 Å². The molecule has 0 bridgehead atoms. The van der Waals surface area contributed by atoms with E-state index in [-0.39, 0.29) is 11.8 Å². The van der Waals surface area contributed by atoms with Gasteiger partial charge in [0.2, 0.25) is 11.8 Å². The van der Waals surface area contributed by atoms with Crippen molar-refractivity contribution in [2.75, 3.05) is 40.3 Å². The first-order valence-electron chi connectivity index (χ1n) is 7.30. The van der Waals surface area contributed by atoms with Gasteiger partial charge in [0.05, 0.1) is 0 Å². The predicted molar refractivity (Wildman–Crippen MR) is 73.7 cm³/mol. The van der Waals surface area contributed by atoms with Crippen molar-refractivity contribution >= 4 is 11.8 Å². The maximum Gasteiger partial charge on any atom is 0.222 e. The lowest BCUT2D eigenvalue weighted by Crippen LogP contribution is -2.35. The van der Waals surface area contributed by atoms with Gasteiger partial charge in [-0.2, -0.15) is 0 Å². The highest BCUT2D eigenvalue weighted by Crippen LogP contribution is 2.15. The Morgan fingerprint density at radius 2 is 2.16 bits per heavy atom. The predicted octanol–water partition coefficient (Wildman–Crippen LogP) is 0.552. The van der Waals surface area contributed by atoms with E-state index in [1.54, 1.807) is 0 Å². The van der Waals surface area contributed by atoms with Gasteiger partial charge in [-0.15, -0.1) is 0 Å². The van der Waals surface area contributed by atoms with Crippen LogP contribution in [0, 0.1) is 0 Å². The van der Waals surface area contributed by atoms with Gasteiger partial charge in [-0.25, -0.2) is 0 Å². The molecule has 0 radical (unpaired) electrons. The Balaban J connectivity index is 1.66. The number of likely N-dealkylation sites (tertiary alicyclic amines) is 2. The molecule has 19 heavy (non-hydrogen) atoms. The highest BCUT2D eigenvalue weighted by Gasteiger charge is 2.27. The molecule has 0 spiro atoms. The van der Waals surface area contributed by atoms with Crippen molar-refractivity contribution in [3.8, 4) is 0 Å². The molecule has 108 valence electrons. The fourth-order valence-electron chi connectivity index (χ4n) is 2.91. The fraction of sp³-hybridized carbons (Fsp3) is 0.857. The minimum atomic E-state index is 0.246. The van der Waals surface area contributed by atoms with Crippen molar-refractivity contribution in [3.05, 3.63) is 0 Å². The molecule has 5 nitrogen and oxygen atoms in total. The van der Waals surface area contributed by atoms with Crippen LogP contribution in [0.1, 0.15) is 32.1 Å². The SMILES string of the molecule is CN(C)C1CCN(C(=O)CCCN2CCCC2=O)C1. The number of hydrogen-bond acceptors (Lipinski definition) is 3. The van der Waals surface area contributed by atoms with Crippen molar-refractivity contribution in [1.82, 2.24) is 14.7 Å². The molecule has 0 saturated carbocycles. The lowest BCUT2D eigenvalue weighted by atomic mass is 10.2. The summed E-state index contributed by atoms with van der Waals surface area (Å²) >= 11 is 0. The maximum absolute atomic E-state index is 12.1. The zero-order valence-corrected chi connectivity index (χ0v) is 12.1. The molecule has 2 aliphatic rings. The molecular weight excluding hydrogens is 242 g/mol. The Kier molecular flexibility index (Phi) is 4.80. The Bertz CT molecular complexity index is 344. The van der Waals surface area contributed by atoms with E-state index in [9.17, 15) is 9.59 Å². The molecule has 0 aliphatic carbocycles. The van der Waals surface area contributed by atoms with Gasteiger partial charge in [0.15, 0.2) is 0 Å². The molecule has 2 amide bonds. The zero-order chi connectivity index (χ0) is 13.8. The number of amides is 2. The normalized spacial score (nSPS) is 23.7. The Morgan fingerprint density at radius 3 is 2.74 bits per heavy atom. The van der Waals surface area contributed by atoms with Crippen LogP contribution >= 0.6 is 0 Å². The first kappa shape index (κ1) is 14.3. The second-order valence-electron chi connectivity index (χ2n) is 5.83. The van der Waals surface area contributed by atoms with E-state index in [2.05, 4.69) is 19.0 Å². The number of nitrogens with zero attached hydrogens (tertiary/aromatic N) is 3. The summed E-state index contributed by atoms with van der Waals surface area (Å²) in [7, 11) is 4.13. The maximum atomic E-state index is 12.1. The number of likely N-dealkylation sites (N-methyl/N-ethyl adjacent to an activating group) is 1. The summed E-state index contributed by atoms with van der Waals surface area (Å²) < 4.78 is 0. The molecule has 0 aromatic rings. The lowest BCUT2D eigenvalue weighted by Gasteiger charge is -2.21. The van der Waals surface area contributed by atoms with Crippen molar-refractivity contribution in [3.63, 3.8) is 0 Å². The molecule has 2 heterocycles. The minimum absolute atomic E-state index is 0.246. The molecule has 2 aliphatic heterocycles. The van der Waals surface area contributed by atoms with E-state index < -0.39 is 0 Å². The third-order valence-electron chi connectivity index (χ3n) is 4.24. The average Bonchev–Trinajstić information content (AvgIpc) is 2.98. The van der Waals surface area contributed by atoms with E-state index >= 15 is 0 Å². The van der Waals surface area contributed by atoms with E-state index in [0.29, 0.717) is 18.9 Å². The molecule has 0 aromatic carbocycles. The van der Waals surface area contributed by atoms with Crippen LogP contribution in [0.3, 0.4) is 0 Å². The molecule has 2 rings (SSSR count). The molecule has 2 fully saturated rings. The van der Waals surface area contributed by atoms with Gasteiger partial charge < -0.3 is 14.7 Å². The Morgan fingerprint density at radius 1 is 1.37 bits per heavy atom. The molecule has 2 saturated heterocycles. The van der Waals surface area contributed by atoms with Crippen molar-refractivity contribution in [2.45, 2.75) is 38.1 Å². The van der Waals surface area contributed by atoms with Crippen LogP contribution in [0.4, 0.5) is 0 Å². The van der Waals surface area contributed by atoms with Crippen molar-refractivity contribution < 1.29 is 9.59 Å². The van der Waals surface area contributed by atoms with Gasteiger partial charge in [0, 0.05) is 45.1 Å². The molecule has 1 unspecified atom stereocenters. The first-order valence-corrected chi connectivity index (χ1v) is 7.30. The summed E-state index contributed by atoms with van der Waals surface area (Å²) in [5.74, 6) is 0.497. The number of carbonyl (C=O) groups is 2. The second-order valence-corrected chi connectivity index (χ2v) is 5.83. The number of rotatable bonds is 5. The Labute approximate surface area is 115 Å². The van der Waals surface area contributed by atoms with E-state index in [0.717, 1.165) is 45.4 Å². The van der Waals surface area contributed by atoms with Gasteiger partial charge in [0.25, 0.3) is 0 Å². The summed E-state index contributed by atoms with van der Waals surface area (Å²) in [5, 5.41) is 0. The highest BCUT2D eigenvalue weighted by molar-refractivity contribution is 5.78. The van der Waals surface area contributed by atoms with Gasteiger partial charge in [0.1, 0.15) is 0 Å². The van der Waals surface area contributed by atoms with Crippen LogP contribution in [0.5, 0.6) is 0 Å². The van der Waals surface area contributed by atoms with Gasteiger partial charge in [-0.05, 0) is 33.4 Å². The molecule has 0 aromatic heterocycles. The van der Waals surface area contributed by atoms with Crippen LogP contribution in [-0.4, -0.2) is 72.8 Å². The minimum Gasteiger partial charge on any atom is -0.343 e. The van der Waals surface area contributed by atoms with Crippen LogP contribution in [0.2, 0.25) is 0 Å². The van der Waals surface area contributed by atoms with Gasteiger partial charge >= 0.3 is 0 Å². The summed E-state index contributed by atoms with van der Waals surface area (Å²) in [6.45, 7) is 3.35. The van der Waals surface area contributed by atoms with Crippen LogP contribution < -0.4 is 0 Å². The largest absolute Gasteiger partial charge is 0.343 e. The molecule has 5 heteroatoms. The van der Waals surface area contributed by atoms with Crippen molar-refractivity contribution in [1.29, 1.82) is 0 Å². The average molecular weight is 267 g/mol. The monoisotopic (exact) mass is 267 g/mol. The number of carbonyl (C=O) groups excluding carboxylic acids is 2. The van der Waals surface area contributed by atoms with Crippen LogP contribution in [-0.2, 0) is 9.59 Å². The zero-order valence-electron chi connectivity index (χ0n) is 12.1. The van der Waals surface area contributed by atoms with Gasteiger partial charge in [-0.1, -0.05) is 0 Å². The summed E-state index contributed by atoms with van der Waals surface area (Å²) in [6.07, 6.45) is 4.11. The van der Waals surface area contributed by atoms with Crippen LogP contribution in [0.25, 0.3) is 0 Å². The quantitative estimate of drug-likeness (QED) is 0.731. The van der Waals surface area contributed by atoms with E-state index in [4.69, 9.17) is 0 Å². The fourth-order valence-corrected chi connectivity index (χ4v) is 2.91. The third-order valence-corrected chi connectivity index (χ3v) is 4.24. The molecule has 0 N–H and O–H groups in total. The van der Waals surface area contributed by atoms with E-state index in [1.165, 1.54) is 0 Å². The lowest BCUT2D eigenvalue weighted by molar-refractivity contribution is -0.131. The summed E-state index contributed by atoms with van der Waals surface area (Å²) in [6, 6.07) is 0.504. The molecular formula is C14H25N3O2. The standard InChI is InChI=1S/C14H25N3O2/c1-15(2)12-7-10-17(11-12)14(19)6-4-9-16-8-3-5-13(16)18/h12H,3-11H2,1-2H3. The Hall–Kier alpha value is -1.10. The summed E-state index contributed by atoms with van der Waals surface area (Å²) in [4.78, 5) is 29.6. The summed E-state index contributed by atoms with van der Waals surface area (Å²) in [5.41, 5.74) is 0. The second kappa shape index (κ2) is 6.37. The molecule has 1 atom stereocenters. The third kappa shape index (κ3) is 3.69. The first-order chi connectivity index (χ1) is 9.08. The topological polar surface area (TPSA) is 43.9 Å². The van der Waals surface area contributed by atoms with E-state index in [1.807, 2.05) is 9.80 Å². The number of hydrogen-bond donors (Lipinski definition) is 0. The van der Waals surface area contributed by atoms with Crippen LogP contribution in [0.15, 0.2) is 0 Å².